The van der Waals surface area contributed by atoms with Crippen LogP contribution < -0.4 is 16.0 Å². The normalized spacial score (nSPS) is 18.6. The number of carbonyl (C=O) groups is 1. The molecule has 2 saturated carbocycles. The van der Waals surface area contributed by atoms with Crippen molar-refractivity contribution in [3.63, 3.8) is 0 Å². The standard InChI is InChI=1S/C23H35N5O/c29-23(26-18-10-3-1-4-11-18)25-17-9-16-24-22-27-20-14-7-8-15-21(20)28(22)19-12-5-2-6-13-19/h7-8,14-15,18-19H,1-6,9-13,16-17H2,(H,24,27)(H2,25,26,29). The van der Waals surface area contributed by atoms with Gasteiger partial charge in [-0.15, -0.1) is 0 Å². The number of hydrogen-bond acceptors (Lipinski definition) is 3. The molecule has 29 heavy (non-hydrogen) atoms. The number of hydrogen-bond donors (Lipinski definition) is 3. The van der Waals surface area contributed by atoms with Crippen molar-refractivity contribution in [2.24, 2.45) is 0 Å². The number of carbonyl (C=O) groups excluding carboxylic acids is 1. The Hall–Kier alpha value is -2.24. The number of fused-ring (bicyclic) bond motifs is 1. The van der Waals surface area contributed by atoms with Gasteiger partial charge in [0, 0.05) is 25.2 Å². The molecule has 2 aliphatic rings. The largest absolute Gasteiger partial charge is 0.356 e. The van der Waals surface area contributed by atoms with E-state index in [1.54, 1.807) is 0 Å². The van der Waals surface area contributed by atoms with Crippen molar-refractivity contribution in [2.75, 3.05) is 18.4 Å². The average molecular weight is 398 g/mol. The molecule has 0 aliphatic heterocycles. The van der Waals surface area contributed by atoms with Crippen molar-refractivity contribution in [3.05, 3.63) is 24.3 Å². The molecule has 1 aromatic carbocycles. The van der Waals surface area contributed by atoms with Gasteiger partial charge in [-0.2, -0.15) is 0 Å². The first-order chi connectivity index (χ1) is 14.3. The molecule has 2 aromatic rings. The van der Waals surface area contributed by atoms with Crippen LogP contribution in [-0.2, 0) is 0 Å². The zero-order valence-corrected chi connectivity index (χ0v) is 17.5. The maximum absolute atomic E-state index is 12.1. The Morgan fingerprint density at radius 2 is 1.69 bits per heavy atom. The molecule has 0 saturated heterocycles. The number of rotatable bonds is 7. The van der Waals surface area contributed by atoms with Gasteiger partial charge < -0.3 is 20.5 Å². The topological polar surface area (TPSA) is 71.0 Å². The van der Waals surface area contributed by atoms with Gasteiger partial charge in [-0.1, -0.05) is 50.7 Å². The molecule has 3 N–H and O–H groups in total. The highest BCUT2D eigenvalue weighted by Crippen LogP contribution is 2.34. The van der Waals surface area contributed by atoms with Crippen LogP contribution in [0.3, 0.4) is 0 Å². The molecule has 2 fully saturated rings. The molecular weight excluding hydrogens is 362 g/mol. The molecule has 158 valence electrons. The van der Waals surface area contributed by atoms with Crippen molar-refractivity contribution in [2.45, 2.75) is 82.7 Å². The van der Waals surface area contributed by atoms with Crippen molar-refractivity contribution in [3.8, 4) is 0 Å². The number of nitrogens with one attached hydrogen (secondary N) is 3. The molecule has 0 unspecified atom stereocenters. The Kier molecular flexibility index (Phi) is 6.91. The molecule has 0 spiro atoms. The van der Waals surface area contributed by atoms with E-state index in [0.717, 1.165) is 37.3 Å². The van der Waals surface area contributed by atoms with E-state index < -0.39 is 0 Å². The molecule has 0 radical (unpaired) electrons. The number of aromatic nitrogens is 2. The number of imidazole rings is 1. The maximum Gasteiger partial charge on any atom is 0.315 e. The summed E-state index contributed by atoms with van der Waals surface area (Å²) in [6.07, 6.45) is 13.3. The molecule has 6 nitrogen and oxygen atoms in total. The van der Waals surface area contributed by atoms with E-state index in [1.165, 1.54) is 56.9 Å². The van der Waals surface area contributed by atoms with E-state index in [2.05, 4.69) is 44.8 Å². The highest BCUT2D eigenvalue weighted by molar-refractivity contribution is 5.79. The van der Waals surface area contributed by atoms with Crippen LogP contribution in [0.25, 0.3) is 11.0 Å². The van der Waals surface area contributed by atoms with Crippen LogP contribution in [0.5, 0.6) is 0 Å². The fourth-order valence-electron chi connectivity index (χ4n) is 4.85. The second-order valence-electron chi connectivity index (χ2n) is 8.60. The second-order valence-corrected chi connectivity index (χ2v) is 8.60. The summed E-state index contributed by atoms with van der Waals surface area (Å²) in [5.41, 5.74) is 2.29. The molecule has 0 atom stereocenters. The molecule has 0 bridgehead atoms. The Labute approximate surface area is 173 Å². The summed E-state index contributed by atoms with van der Waals surface area (Å²) in [6, 6.07) is 9.30. The Balaban J connectivity index is 1.27. The quantitative estimate of drug-likeness (QED) is 0.577. The lowest BCUT2D eigenvalue weighted by Crippen LogP contribution is -2.43. The van der Waals surface area contributed by atoms with Gasteiger partial charge in [0.25, 0.3) is 0 Å². The van der Waals surface area contributed by atoms with Crippen LogP contribution >= 0.6 is 0 Å². The molecule has 1 aromatic heterocycles. The van der Waals surface area contributed by atoms with Gasteiger partial charge in [0.05, 0.1) is 11.0 Å². The minimum Gasteiger partial charge on any atom is -0.356 e. The van der Waals surface area contributed by atoms with Gasteiger partial charge >= 0.3 is 6.03 Å². The number of nitrogens with zero attached hydrogens (tertiary/aromatic N) is 2. The number of benzene rings is 1. The van der Waals surface area contributed by atoms with Crippen LogP contribution in [-0.4, -0.2) is 34.7 Å². The van der Waals surface area contributed by atoms with Crippen molar-refractivity contribution in [1.82, 2.24) is 20.2 Å². The third-order valence-electron chi connectivity index (χ3n) is 6.40. The van der Waals surface area contributed by atoms with Crippen LogP contribution in [0.15, 0.2) is 24.3 Å². The fraction of sp³-hybridized carbons (Fsp3) is 0.652. The summed E-state index contributed by atoms with van der Waals surface area (Å²) >= 11 is 0. The summed E-state index contributed by atoms with van der Waals surface area (Å²) in [7, 11) is 0. The Bertz CT molecular complexity index is 790. The zero-order valence-electron chi connectivity index (χ0n) is 17.5. The van der Waals surface area contributed by atoms with Crippen LogP contribution in [0.2, 0.25) is 0 Å². The first-order valence-corrected chi connectivity index (χ1v) is 11.6. The summed E-state index contributed by atoms with van der Waals surface area (Å²) < 4.78 is 2.41. The molecular formula is C23H35N5O. The number of para-hydroxylation sites is 2. The first kappa shape index (κ1) is 20.0. The van der Waals surface area contributed by atoms with Crippen molar-refractivity contribution >= 4 is 23.0 Å². The molecule has 2 aliphatic carbocycles. The van der Waals surface area contributed by atoms with E-state index >= 15 is 0 Å². The minimum absolute atomic E-state index is 0.0219. The molecule has 2 amide bonds. The lowest BCUT2D eigenvalue weighted by Gasteiger charge is -2.25. The van der Waals surface area contributed by atoms with E-state index in [0.29, 0.717) is 18.6 Å². The Morgan fingerprint density at radius 1 is 0.966 bits per heavy atom. The van der Waals surface area contributed by atoms with Gasteiger partial charge in [-0.3, -0.25) is 0 Å². The summed E-state index contributed by atoms with van der Waals surface area (Å²) in [5, 5.41) is 9.65. The lowest BCUT2D eigenvalue weighted by molar-refractivity contribution is 0.232. The second kappa shape index (κ2) is 9.99. The van der Waals surface area contributed by atoms with Crippen LogP contribution in [0, 0.1) is 0 Å². The monoisotopic (exact) mass is 397 g/mol. The minimum atomic E-state index is -0.0219. The van der Waals surface area contributed by atoms with E-state index in [4.69, 9.17) is 4.98 Å². The molecule has 1 heterocycles. The SMILES string of the molecule is O=C(NCCCNc1nc2ccccc2n1C1CCCCC1)NC1CCCCC1. The summed E-state index contributed by atoms with van der Waals surface area (Å²) in [5.74, 6) is 0.977. The van der Waals surface area contributed by atoms with Crippen LogP contribution in [0.4, 0.5) is 10.7 Å². The highest BCUT2D eigenvalue weighted by atomic mass is 16.2. The first-order valence-electron chi connectivity index (χ1n) is 11.6. The smallest absolute Gasteiger partial charge is 0.315 e. The number of amides is 2. The number of anilines is 1. The van der Waals surface area contributed by atoms with Gasteiger partial charge in [-0.05, 0) is 44.2 Å². The summed E-state index contributed by atoms with van der Waals surface area (Å²) in [6.45, 7) is 1.48. The van der Waals surface area contributed by atoms with E-state index in [9.17, 15) is 4.79 Å². The summed E-state index contributed by atoms with van der Waals surface area (Å²) in [4.78, 5) is 16.9. The third-order valence-corrected chi connectivity index (χ3v) is 6.40. The highest BCUT2D eigenvalue weighted by Gasteiger charge is 2.21. The Morgan fingerprint density at radius 3 is 2.48 bits per heavy atom. The van der Waals surface area contributed by atoms with Crippen molar-refractivity contribution < 1.29 is 4.79 Å². The van der Waals surface area contributed by atoms with Gasteiger partial charge in [-0.25, -0.2) is 9.78 Å². The van der Waals surface area contributed by atoms with Gasteiger partial charge in [0.1, 0.15) is 0 Å². The zero-order chi connectivity index (χ0) is 19.9. The molecule has 6 heteroatoms. The predicted molar refractivity (Wildman–Crippen MR) is 118 cm³/mol. The predicted octanol–water partition coefficient (Wildman–Crippen LogP) is 4.98. The fourth-order valence-corrected chi connectivity index (χ4v) is 4.85. The van der Waals surface area contributed by atoms with Crippen LogP contribution in [0.1, 0.15) is 76.7 Å². The maximum atomic E-state index is 12.1. The van der Waals surface area contributed by atoms with Gasteiger partial charge in [0.15, 0.2) is 0 Å². The third kappa shape index (κ3) is 5.22. The van der Waals surface area contributed by atoms with Crippen molar-refractivity contribution in [1.29, 1.82) is 0 Å². The van der Waals surface area contributed by atoms with E-state index in [-0.39, 0.29) is 6.03 Å². The number of urea groups is 1. The van der Waals surface area contributed by atoms with Gasteiger partial charge in [0.2, 0.25) is 5.95 Å². The van der Waals surface area contributed by atoms with E-state index in [1.807, 2.05) is 0 Å². The average Bonchev–Trinajstić information content (AvgIpc) is 3.13. The molecule has 4 rings (SSSR count). The lowest BCUT2D eigenvalue weighted by atomic mass is 9.95.